The van der Waals surface area contributed by atoms with Crippen molar-refractivity contribution in [2.75, 3.05) is 0 Å². The highest BCUT2D eigenvalue weighted by Crippen LogP contribution is 2.30. The Kier molecular flexibility index (Phi) is 2.66. The molecule has 0 saturated carbocycles. The van der Waals surface area contributed by atoms with Gasteiger partial charge in [-0.15, -0.1) is 0 Å². The monoisotopic (exact) mass is 265 g/mol. The smallest absolute Gasteiger partial charge is 0.0487 e. The van der Waals surface area contributed by atoms with E-state index in [-0.39, 0.29) is 6.02 Å². The van der Waals surface area contributed by atoms with Crippen LogP contribution in [0.25, 0.3) is 21.5 Å². The molecule has 0 radical (unpaired) electrons. The standard InChI is InChI=1S/C18H20Si/c1-19(2,3)13-18-16-10-6-4-8-14(16)12-15-9-5-7-11-17(15)18/h4-12H,13H2,1-3H3/i13D. The van der Waals surface area contributed by atoms with Crippen molar-refractivity contribution < 1.29 is 1.37 Å². The Bertz CT molecular complexity index is 717. The molecule has 0 aliphatic heterocycles. The summed E-state index contributed by atoms with van der Waals surface area (Å²) < 4.78 is 8.79. The van der Waals surface area contributed by atoms with Crippen molar-refractivity contribution in [2.45, 2.75) is 25.7 Å². The third-order valence-corrected chi connectivity index (χ3v) is 4.54. The molecule has 1 atom stereocenters. The first-order valence-electron chi connectivity index (χ1n) is 7.39. The molecule has 0 fully saturated rings. The Labute approximate surface area is 117 Å². The van der Waals surface area contributed by atoms with Gasteiger partial charge in [-0.3, -0.25) is 0 Å². The molecule has 96 valence electrons. The first-order valence-corrected chi connectivity index (χ1v) is 10.4. The predicted octanol–water partition coefficient (Wildman–Crippen LogP) is 5.41. The molecule has 0 nitrogen and oxygen atoms in total. The van der Waals surface area contributed by atoms with Crippen molar-refractivity contribution in [1.29, 1.82) is 0 Å². The highest BCUT2D eigenvalue weighted by Gasteiger charge is 2.17. The fraction of sp³-hybridized carbons (Fsp3) is 0.222. The minimum Gasteiger partial charge on any atom is -0.0693 e. The second kappa shape index (κ2) is 4.50. The number of rotatable bonds is 2. The molecule has 3 aromatic carbocycles. The van der Waals surface area contributed by atoms with E-state index < -0.39 is 8.07 Å². The van der Waals surface area contributed by atoms with E-state index in [0.29, 0.717) is 0 Å². The summed E-state index contributed by atoms with van der Waals surface area (Å²) in [5.74, 6) is 0. The Morgan fingerprint density at radius 1 is 0.842 bits per heavy atom. The maximum absolute atomic E-state index is 8.79. The highest BCUT2D eigenvalue weighted by atomic mass is 28.3. The van der Waals surface area contributed by atoms with E-state index in [2.05, 4.69) is 74.2 Å². The van der Waals surface area contributed by atoms with Crippen LogP contribution in [0.4, 0.5) is 0 Å². The van der Waals surface area contributed by atoms with Gasteiger partial charge in [-0.2, -0.15) is 0 Å². The summed E-state index contributed by atoms with van der Waals surface area (Å²) >= 11 is 0. The van der Waals surface area contributed by atoms with Crippen molar-refractivity contribution in [3.05, 3.63) is 60.2 Å². The van der Waals surface area contributed by atoms with Crippen LogP contribution in [0.2, 0.25) is 19.6 Å². The third kappa shape index (κ3) is 2.43. The van der Waals surface area contributed by atoms with Gasteiger partial charge in [0, 0.05) is 9.44 Å². The largest absolute Gasteiger partial charge is 0.0693 e. The topological polar surface area (TPSA) is 0 Å². The summed E-state index contributed by atoms with van der Waals surface area (Å²) in [6, 6.07) is 19.1. The van der Waals surface area contributed by atoms with Gasteiger partial charge in [0.15, 0.2) is 0 Å². The molecule has 0 bridgehead atoms. The number of hydrogen-bond acceptors (Lipinski definition) is 0. The SMILES string of the molecule is [2H]C(c1c2ccccc2cc2ccccc12)[Si](C)(C)C. The number of benzene rings is 3. The first kappa shape index (κ1) is 11.2. The van der Waals surface area contributed by atoms with Gasteiger partial charge in [0.25, 0.3) is 0 Å². The zero-order valence-corrected chi connectivity index (χ0v) is 12.8. The molecule has 3 aromatic rings. The summed E-state index contributed by atoms with van der Waals surface area (Å²) in [4.78, 5) is 0. The molecule has 0 saturated heterocycles. The molecule has 0 N–H and O–H groups in total. The van der Waals surface area contributed by atoms with Gasteiger partial charge in [-0.05, 0) is 39.2 Å². The van der Waals surface area contributed by atoms with Gasteiger partial charge >= 0.3 is 0 Å². The van der Waals surface area contributed by atoms with Crippen molar-refractivity contribution in [2.24, 2.45) is 0 Å². The zero-order chi connectivity index (χ0) is 14.3. The van der Waals surface area contributed by atoms with E-state index in [1.807, 2.05) is 0 Å². The van der Waals surface area contributed by atoms with Crippen molar-refractivity contribution in [3.8, 4) is 0 Å². The average Bonchev–Trinajstić information content (AvgIpc) is 2.43. The molecule has 0 amide bonds. The second-order valence-corrected chi connectivity index (χ2v) is 11.3. The van der Waals surface area contributed by atoms with Gasteiger partial charge in [0.1, 0.15) is 0 Å². The van der Waals surface area contributed by atoms with Gasteiger partial charge in [-0.1, -0.05) is 68.2 Å². The van der Waals surface area contributed by atoms with E-state index >= 15 is 0 Å². The molecule has 1 heteroatoms. The van der Waals surface area contributed by atoms with E-state index in [4.69, 9.17) is 1.37 Å². The van der Waals surface area contributed by atoms with Crippen LogP contribution in [0.3, 0.4) is 0 Å². The molecule has 1 unspecified atom stereocenters. The maximum atomic E-state index is 8.79. The van der Waals surface area contributed by atoms with E-state index in [1.165, 1.54) is 27.1 Å². The van der Waals surface area contributed by atoms with Crippen LogP contribution in [0.5, 0.6) is 0 Å². The van der Waals surface area contributed by atoms with E-state index in [0.717, 1.165) is 0 Å². The van der Waals surface area contributed by atoms with E-state index in [1.54, 1.807) is 0 Å². The fourth-order valence-corrected chi connectivity index (χ4v) is 3.81. The quantitative estimate of drug-likeness (QED) is 0.429. The van der Waals surface area contributed by atoms with Gasteiger partial charge in [0.2, 0.25) is 0 Å². The fourth-order valence-electron chi connectivity index (χ4n) is 2.64. The summed E-state index contributed by atoms with van der Waals surface area (Å²) in [5.41, 5.74) is 1.22. The molecule has 0 spiro atoms. The molecular formula is C18H20Si. The highest BCUT2D eigenvalue weighted by molar-refractivity contribution is 6.75. The van der Waals surface area contributed by atoms with E-state index in [9.17, 15) is 0 Å². The van der Waals surface area contributed by atoms with Gasteiger partial charge < -0.3 is 0 Å². The average molecular weight is 265 g/mol. The molecule has 0 aliphatic carbocycles. The van der Waals surface area contributed by atoms with Crippen LogP contribution in [-0.2, 0) is 6.02 Å². The lowest BCUT2D eigenvalue weighted by molar-refractivity contribution is 1.37. The predicted molar refractivity (Wildman–Crippen MR) is 88.5 cm³/mol. The molecule has 0 aromatic heterocycles. The lowest BCUT2D eigenvalue weighted by Crippen LogP contribution is -2.24. The molecule has 3 rings (SSSR count). The molecule has 0 aliphatic rings. The Morgan fingerprint density at radius 3 is 1.79 bits per heavy atom. The molecular weight excluding hydrogens is 244 g/mol. The zero-order valence-electron chi connectivity index (χ0n) is 12.8. The Morgan fingerprint density at radius 2 is 1.32 bits per heavy atom. The molecule has 19 heavy (non-hydrogen) atoms. The third-order valence-electron chi connectivity index (χ3n) is 3.39. The van der Waals surface area contributed by atoms with Crippen LogP contribution in [0.1, 0.15) is 6.93 Å². The lowest BCUT2D eigenvalue weighted by Gasteiger charge is -2.19. The summed E-state index contributed by atoms with van der Waals surface area (Å²) in [6.07, 6.45) is 0. The Hall–Kier alpha value is -1.60. The lowest BCUT2D eigenvalue weighted by atomic mass is 9.98. The maximum Gasteiger partial charge on any atom is 0.0487 e. The normalized spacial score (nSPS) is 14.6. The number of hydrogen-bond donors (Lipinski definition) is 0. The van der Waals surface area contributed by atoms with Crippen LogP contribution < -0.4 is 0 Å². The van der Waals surface area contributed by atoms with Crippen LogP contribution in [0, 0.1) is 0 Å². The van der Waals surface area contributed by atoms with Gasteiger partial charge in [-0.25, -0.2) is 0 Å². The summed E-state index contributed by atoms with van der Waals surface area (Å²) in [7, 11) is -1.57. The second-order valence-electron chi connectivity index (χ2n) is 6.24. The molecule has 0 heterocycles. The van der Waals surface area contributed by atoms with Crippen molar-refractivity contribution >= 4 is 29.6 Å². The minimum absolute atomic E-state index is 0.0986. The minimum atomic E-state index is -1.57. The van der Waals surface area contributed by atoms with Crippen LogP contribution in [0.15, 0.2) is 54.6 Å². The van der Waals surface area contributed by atoms with Crippen LogP contribution in [-0.4, -0.2) is 8.07 Å². The Balaban J connectivity index is 2.45. The van der Waals surface area contributed by atoms with Crippen LogP contribution >= 0.6 is 0 Å². The van der Waals surface area contributed by atoms with Crippen molar-refractivity contribution in [1.82, 2.24) is 0 Å². The number of fused-ring (bicyclic) bond motifs is 2. The van der Waals surface area contributed by atoms with Gasteiger partial charge in [0.05, 0.1) is 0 Å². The summed E-state index contributed by atoms with van der Waals surface area (Å²) in [6.45, 7) is 6.84. The summed E-state index contributed by atoms with van der Waals surface area (Å²) in [5, 5.41) is 4.98. The van der Waals surface area contributed by atoms with Crippen molar-refractivity contribution in [3.63, 3.8) is 0 Å². The first-order chi connectivity index (χ1) is 9.48.